The normalized spacial score (nSPS) is 12.9. The lowest BCUT2D eigenvalue weighted by Gasteiger charge is -2.29. The topological polar surface area (TPSA) is 108 Å². The van der Waals surface area contributed by atoms with Crippen LogP contribution in [0.3, 0.4) is 0 Å². The highest BCUT2D eigenvalue weighted by molar-refractivity contribution is 5.89. The highest BCUT2D eigenvalue weighted by atomic mass is 16.6. The van der Waals surface area contributed by atoms with Crippen molar-refractivity contribution in [2.24, 2.45) is 0 Å². The van der Waals surface area contributed by atoms with Crippen LogP contribution in [-0.2, 0) is 27.3 Å². The van der Waals surface area contributed by atoms with Crippen molar-refractivity contribution >= 4 is 23.6 Å². The van der Waals surface area contributed by atoms with E-state index in [1.54, 1.807) is 19.1 Å². The molecule has 0 N–H and O–H groups in total. The summed E-state index contributed by atoms with van der Waals surface area (Å²) < 4.78 is 15.7. The minimum Gasteiger partial charge on any atom is -0.493 e. The molecule has 0 unspecified atom stereocenters. The number of hydrogen-bond acceptors (Lipinski definition) is 7. The van der Waals surface area contributed by atoms with Gasteiger partial charge in [0.2, 0.25) is 0 Å². The zero-order chi connectivity index (χ0) is 22.4. The number of nitro groups is 1. The molecule has 31 heavy (non-hydrogen) atoms. The van der Waals surface area contributed by atoms with E-state index in [9.17, 15) is 19.7 Å². The number of nitrogens with zero attached hydrogens (tertiary/aromatic N) is 2. The summed E-state index contributed by atoms with van der Waals surface area (Å²) in [6.07, 6.45) is 3.31. The van der Waals surface area contributed by atoms with Gasteiger partial charge in [-0.25, -0.2) is 4.79 Å². The van der Waals surface area contributed by atoms with E-state index in [4.69, 9.17) is 14.2 Å². The zero-order valence-electron chi connectivity index (χ0n) is 17.2. The Morgan fingerprint density at radius 3 is 2.35 bits per heavy atom. The number of carbonyl (C=O) groups excluding carboxylic acids is 2. The van der Waals surface area contributed by atoms with E-state index >= 15 is 0 Å². The number of ether oxygens (including phenoxy) is 3. The Hall–Kier alpha value is -3.88. The van der Waals surface area contributed by atoms with Crippen LogP contribution in [0, 0.1) is 10.1 Å². The highest BCUT2D eigenvalue weighted by Gasteiger charge is 2.23. The average Bonchev–Trinajstić information content (AvgIpc) is 2.79. The summed E-state index contributed by atoms with van der Waals surface area (Å²) in [5.41, 5.74) is 2.61. The molecule has 1 aliphatic rings. The molecule has 0 saturated carbocycles. The predicted octanol–water partition coefficient (Wildman–Crippen LogP) is 2.75. The maximum Gasteiger partial charge on any atom is 0.331 e. The molecule has 1 heterocycles. The molecule has 162 valence electrons. The quantitative estimate of drug-likeness (QED) is 0.290. The minimum absolute atomic E-state index is 0.0375. The molecule has 0 aromatic heterocycles. The lowest BCUT2D eigenvalue weighted by Crippen LogP contribution is -2.38. The molecular weight excluding hydrogens is 404 g/mol. The fraction of sp³-hybridized carbons (Fsp3) is 0.273. The first-order valence-corrected chi connectivity index (χ1v) is 9.52. The average molecular weight is 426 g/mol. The number of benzene rings is 2. The van der Waals surface area contributed by atoms with Gasteiger partial charge in [-0.3, -0.25) is 14.9 Å². The van der Waals surface area contributed by atoms with Gasteiger partial charge >= 0.3 is 5.97 Å². The SMILES string of the molecule is COc1cc2c(cc1OC)CN(C(=O)COC(=O)/C=C/c1ccc([N+](=O)[O-])cc1)CC2. The summed E-state index contributed by atoms with van der Waals surface area (Å²) in [6.45, 7) is 0.536. The number of non-ortho nitro benzene ring substituents is 1. The van der Waals surface area contributed by atoms with E-state index in [-0.39, 0.29) is 18.2 Å². The van der Waals surface area contributed by atoms with Gasteiger partial charge in [-0.1, -0.05) is 0 Å². The summed E-state index contributed by atoms with van der Waals surface area (Å²) in [7, 11) is 3.13. The molecule has 2 aromatic rings. The maximum atomic E-state index is 12.5. The van der Waals surface area contributed by atoms with Crippen molar-refractivity contribution in [2.45, 2.75) is 13.0 Å². The number of hydrogen-bond donors (Lipinski definition) is 0. The minimum atomic E-state index is -0.671. The zero-order valence-corrected chi connectivity index (χ0v) is 17.2. The second-order valence-corrected chi connectivity index (χ2v) is 6.83. The van der Waals surface area contributed by atoms with Crippen molar-refractivity contribution in [3.8, 4) is 11.5 Å². The van der Waals surface area contributed by atoms with Gasteiger partial charge in [0.05, 0.1) is 19.1 Å². The Kier molecular flexibility index (Phi) is 6.86. The lowest BCUT2D eigenvalue weighted by atomic mass is 9.99. The van der Waals surface area contributed by atoms with Gasteiger partial charge in [-0.15, -0.1) is 0 Å². The van der Waals surface area contributed by atoms with Crippen LogP contribution in [0.15, 0.2) is 42.5 Å². The predicted molar refractivity (Wildman–Crippen MR) is 112 cm³/mol. The van der Waals surface area contributed by atoms with Gasteiger partial charge in [0.1, 0.15) is 0 Å². The van der Waals surface area contributed by atoms with Crippen molar-refractivity contribution in [1.29, 1.82) is 0 Å². The first-order chi connectivity index (χ1) is 14.9. The van der Waals surface area contributed by atoms with Crippen molar-refractivity contribution in [2.75, 3.05) is 27.4 Å². The van der Waals surface area contributed by atoms with Crippen LogP contribution in [0.2, 0.25) is 0 Å². The number of nitro benzene ring substituents is 1. The second-order valence-electron chi connectivity index (χ2n) is 6.83. The molecule has 0 aliphatic carbocycles. The number of amides is 1. The number of carbonyl (C=O) groups is 2. The molecule has 0 bridgehead atoms. The molecule has 3 rings (SSSR count). The third kappa shape index (κ3) is 5.39. The Labute approximate surface area is 179 Å². The molecule has 0 radical (unpaired) electrons. The Morgan fingerprint density at radius 2 is 1.74 bits per heavy atom. The monoisotopic (exact) mass is 426 g/mol. The van der Waals surface area contributed by atoms with Gasteiger partial charge in [0, 0.05) is 31.3 Å². The molecule has 0 atom stereocenters. The number of rotatable bonds is 7. The van der Waals surface area contributed by atoms with Gasteiger partial charge in [0.25, 0.3) is 11.6 Å². The lowest BCUT2D eigenvalue weighted by molar-refractivity contribution is -0.384. The number of esters is 1. The summed E-state index contributed by atoms with van der Waals surface area (Å²) in [5.74, 6) is 0.279. The molecule has 9 nitrogen and oxygen atoms in total. The Bertz CT molecular complexity index is 1020. The van der Waals surface area contributed by atoms with Crippen LogP contribution in [0.25, 0.3) is 6.08 Å². The maximum absolute atomic E-state index is 12.5. The molecular formula is C22H22N2O7. The van der Waals surface area contributed by atoms with Crippen molar-refractivity contribution in [3.63, 3.8) is 0 Å². The fourth-order valence-corrected chi connectivity index (χ4v) is 3.24. The fourth-order valence-electron chi connectivity index (χ4n) is 3.24. The van der Waals surface area contributed by atoms with E-state index in [0.717, 1.165) is 11.1 Å². The Balaban J connectivity index is 1.54. The van der Waals surface area contributed by atoms with Gasteiger partial charge in [0.15, 0.2) is 18.1 Å². The first-order valence-electron chi connectivity index (χ1n) is 9.52. The summed E-state index contributed by atoms with van der Waals surface area (Å²) >= 11 is 0. The van der Waals surface area contributed by atoms with Crippen LogP contribution < -0.4 is 9.47 Å². The largest absolute Gasteiger partial charge is 0.493 e. The first kappa shape index (κ1) is 21.8. The molecule has 0 saturated heterocycles. The van der Waals surface area contributed by atoms with E-state index < -0.39 is 10.9 Å². The number of methoxy groups -OCH3 is 2. The van der Waals surface area contributed by atoms with Crippen molar-refractivity contribution < 1.29 is 28.7 Å². The molecule has 0 spiro atoms. The van der Waals surface area contributed by atoms with Gasteiger partial charge < -0.3 is 19.1 Å². The molecule has 1 aliphatic heterocycles. The van der Waals surface area contributed by atoms with E-state index in [1.165, 1.54) is 36.4 Å². The summed E-state index contributed by atoms with van der Waals surface area (Å²) in [5, 5.41) is 10.7. The van der Waals surface area contributed by atoms with Gasteiger partial charge in [-0.05, 0) is 53.5 Å². The smallest absolute Gasteiger partial charge is 0.331 e. The summed E-state index contributed by atoms with van der Waals surface area (Å²) in [6, 6.07) is 9.48. The second kappa shape index (κ2) is 9.75. The molecule has 1 amide bonds. The van der Waals surface area contributed by atoms with Crippen molar-refractivity contribution in [3.05, 3.63) is 69.3 Å². The van der Waals surface area contributed by atoms with Gasteiger partial charge in [-0.2, -0.15) is 0 Å². The van der Waals surface area contributed by atoms with E-state index in [1.807, 2.05) is 12.1 Å². The van der Waals surface area contributed by atoms with E-state index in [0.29, 0.717) is 36.6 Å². The van der Waals surface area contributed by atoms with Crippen LogP contribution in [0.4, 0.5) is 5.69 Å². The third-order valence-corrected chi connectivity index (χ3v) is 4.92. The van der Waals surface area contributed by atoms with E-state index in [2.05, 4.69) is 0 Å². The van der Waals surface area contributed by atoms with Crippen LogP contribution in [-0.4, -0.2) is 49.1 Å². The Morgan fingerprint density at radius 1 is 1.10 bits per heavy atom. The van der Waals surface area contributed by atoms with Crippen LogP contribution >= 0.6 is 0 Å². The van der Waals surface area contributed by atoms with Crippen molar-refractivity contribution in [1.82, 2.24) is 4.90 Å². The molecule has 9 heteroatoms. The highest BCUT2D eigenvalue weighted by Crippen LogP contribution is 2.33. The summed E-state index contributed by atoms with van der Waals surface area (Å²) in [4.78, 5) is 36.2. The standard InChI is InChI=1S/C22H22N2O7/c1-29-19-11-16-9-10-23(13-17(16)12-20(19)30-2)21(25)14-31-22(26)8-5-15-3-6-18(7-4-15)24(27)28/h3-8,11-12H,9-10,13-14H2,1-2H3/b8-5+. The molecule has 2 aromatic carbocycles. The number of fused-ring (bicyclic) bond motifs is 1. The molecule has 0 fully saturated rings. The van der Waals surface area contributed by atoms with Crippen LogP contribution in [0.5, 0.6) is 11.5 Å². The third-order valence-electron chi connectivity index (χ3n) is 4.92. The van der Waals surface area contributed by atoms with Crippen LogP contribution in [0.1, 0.15) is 16.7 Å².